The quantitative estimate of drug-likeness (QED) is 0.209. The van der Waals surface area contributed by atoms with E-state index >= 15 is 0 Å². The molecule has 2 amide bonds. The highest BCUT2D eigenvalue weighted by atomic mass is 35.5. The number of sulfonamides is 1. The number of primary sulfonamides is 1. The van der Waals surface area contributed by atoms with Crippen molar-refractivity contribution >= 4 is 39.4 Å². The monoisotopic (exact) mass is 619 g/mol. The number of carboxylic acid groups (broad SMARTS) is 1. The van der Waals surface area contributed by atoms with Crippen LogP contribution in [-0.2, 0) is 27.8 Å². The van der Waals surface area contributed by atoms with Gasteiger partial charge in [0.1, 0.15) is 0 Å². The SMILES string of the molecule is NS(=O)(=O)c1ccc(CCN(CCC(=O)O)C(=O)c2ccccc2-c2ccccc2C(=O)NCc2ccc(Cl)cc2)cc1. The second kappa shape index (κ2) is 14.1. The Morgan fingerprint density at radius 1 is 0.767 bits per heavy atom. The van der Waals surface area contributed by atoms with E-state index < -0.39 is 21.9 Å². The zero-order valence-electron chi connectivity index (χ0n) is 23.1. The minimum atomic E-state index is -3.84. The molecule has 4 N–H and O–H groups in total. The van der Waals surface area contributed by atoms with Gasteiger partial charge in [0.25, 0.3) is 11.8 Å². The van der Waals surface area contributed by atoms with Gasteiger partial charge in [-0.3, -0.25) is 14.4 Å². The van der Waals surface area contributed by atoms with Gasteiger partial charge in [-0.2, -0.15) is 0 Å². The van der Waals surface area contributed by atoms with Crippen molar-refractivity contribution in [3.05, 3.63) is 124 Å². The number of carbonyl (C=O) groups excluding carboxylic acids is 2. The lowest BCUT2D eigenvalue weighted by atomic mass is 9.94. The average molecular weight is 620 g/mol. The summed E-state index contributed by atoms with van der Waals surface area (Å²) in [6.07, 6.45) is 0.0874. The number of nitrogens with zero attached hydrogens (tertiary/aromatic N) is 1. The molecule has 222 valence electrons. The third-order valence-electron chi connectivity index (χ3n) is 6.79. The maximum Gasteiger partial charge on any atom is 0.305 e. The maximum absolute atomic E-state index is 13.9. The first-order valence-corrected chi connectivity index (χ1v) is 15.3. The summed E-state index contributed by atoms with van der Waals surface area (Å²) < 4.78 is 23.1. The van der Waals surface area contributed by atoms with Crippen LogP contribution in [0.1, 0.15) is 38.3 Å². The largest absolute Gasteiger partial charge is 0.481 e. The van der Waals surface area contributed by atoms with Gasteiger partial charge in [0, 0.05) is 35.8 Å². The van der Waals surface area contributed by atoms with Crippen molar-refractivity contribution < 1.29 is 27.9 Å². The van der Waals surface area contributed by atoms with E-state index in [2.05, 4.69) is 5.32 Å². The van der Waals surface area contributed by atoms with Crippen LogP contribution >= 0.6 is 11.6 Å². The summed E-state index contributed by atoms with van der Waals surface area (Å²) in [5.41, 5.74) is 3.40. The van der Waals surface area contributed by atoms with Crippen molar-refractivity contribution in [2.24, 2.45) is 5.14 Å². The van der Waals surface area contributed by atoms with Gasteiger partial charge in [0.05, 0.1) is 11.3 Å². The molecule has 0 heterocycles. The molecule has 0 radical (unpaired) electrons. The first kappa shape index (κ1) is 31.4. The van der Waals surface area contributed by atoms with E-state index in [9.17, 15) is 27.9 Å². The zero-order valence-corrected chi connectivity index (χ0v) is 24.6. The molecule has 4 aromatic carbocycles. The van der Waals surface area contributed by atoms with Crippen LogP contribution in [0.4, 0.5) is 0 Å². The Hall–Kier alpha value is -4.51. The summed E-state index contributed by atoms with van der Waals surface area (Å²) in [4.78, 5) is 40.0. The lowest BCUT2D eigenvalue weighted by Gasteiger charge is -2.24. The normalized spacial score (nSPS) is 11.1. The molecule has 0 aromatic heterocycles. The zero-order chi connectivity index (χ0) is 31.0. The number of carbonyl (C=O) groups is 3. The molecular formula is C32H30ClN3O6S. The molecule has 9 nitrogen and oxygen atoms in total. The van der Waals surface area contributed by atoms with E-state index in [1.165, 1.54) is 17.0 Å². The minimum absolute atomic E-state index is 0.0279. The molecule has 0 bridgehead atoms. The second-order valence-corrected chi connectivity index (χ2v) is 11.8. The number of nitrogens with two attached hydrogens (primary N) is 1. The predicted octanol–water partition coefficient (Wildman–Crippen LogP) is 4.74. The van der Waals surface area contributed by atoms with Crippen LogP contribution in [0.3, 0.4) is 0 Å². The Kier molecular flexibility index (Phi) is 10.3. The molecule has 0 aliphatic heterocycles. The van der Waals surface area contributed by atoms with Crippen LogP contribution in [0.2, 0.25) is 5.02 Å². The average Bonchev–Trinajstić information content (AvgIpc) is 3.00. The Morgan fingerprint density at radius 3 is 1.93 bits per heavy atom. The highest BCUT2D eigenvalue weighted by Crippen LogP contribution is 2.28. The predicted molar refractivity (Wildman–Crippen MR) is 164 cm³/mol. The van der Waals surface area contributed by atoms with Gasteiger partial charge in [-0.05, 0) is 65.1 Å². The molecule has 11 heteroatoms. The van der Waals surface area contributed by atoms with Gasteiger partial charge in [0.15, 0.2) is 0 Å². The van der Waals surface area contributed by atoms with E-state index in [1.807, 2.05) is 12.1 Å². The standard InChI is InChI=1S/C32H30ClN3O6S/c33-24-13-9-23(10-14-24)21-35-31(39)28-7-3-1-5-26(28)27-6-2-4-8-29(27)32(40)36(20-18-30(37)38)19-17-22-11-15-25(16-12-22)43(34,41)42/h1-16H,17-21H2,(H,35,39)(H,37,38)(H2,34,41,42). The number of aliphatic carboxylic acids is 1. The third kappa shape index (κ3) is 8.51. The molecule has 0 saturated carbocycles. The second-order valence-electron chi connectivity index (χ2n) is 9.78. The Labute approximate surface area is 255 Å². The lowest BCUT2D eigenvalue weighted by molar-refractivity contribution is -0.137. The smallest absolute Gasteiger partial charge is 0.305 e. The van der Waals surface area contributed by atoms with Crippen LogP contribution in [0.25, 0.3) is 11.1 Å². The van der Waals surface area contributed by atoms with Crippen LogP contribution < -0.4 is 10.5 Å². The fraction of sp³-hybridized carbons (Fsp3) is 0.156. The molecule has 0 spiro atoms. The summed E-state index contributed by atoms with van der Waals surface area (Å²) in [5, 5.41) is 18.0. The maximum atomic E-state index is 13.9. The highest BCUT2D eigenvalue weighted by molar-refractivity contribution is 7.89. The molecule has 43 heavy (non-hydrogen) atoms. The Balaban J connectivity index is 1.59. The van der Waals surface area contributed by atoms with Gasteiger partial charge in [-0.25, -0.2) is 13.6 Å². The van der Waals surface area contributed by atoms with Crippen molar-refractivity contribution in [2.45, 2.75) is 24.3 Å². The van der Waals surface area contributed by atoms with E-state index in [4.69, 9.17) is 16.7 Å². The van der Waals surface area contributed by atoms with Crippen LogP contribution in [0.15, 0.2) is 102 Å². The van der Waals surface area contributed by atoms with E-state index in [1.54, 1.807) is 72.8 Å². The molecule has 0 aliphatic carbocycles. The van der Waals surface area contributed by atoms with Crippen molar-refractivity contribution in [3.8, 4) is 11.1 Å². The number of hydrogen-bond acceptors (Lipinski definition) is 5. The molecule has 0 unspecified atom stereocenters. The summed E-state index contributed by atoms with van der Waals surface area (Å²) in [5.74, 6) is -1.76. The molecule has 4 rings (SSSR count). The first-order valence-electron chi connectivity index (χ1n) is 13.4. The first-order chi connectivity index (χ1) is 20.5. The topological polar surface area (TPSA) is 147 Å². The highest BCUT2D eigenvalue weighted by Gasteiger charge is 2.22. The van der Waals surface area contributed by atoms with Gasteiger partial charge >= 0.3 is 5.97 Å². The number of carboxylic acids is 1. The number of benzene rings is 4. The van der Waals surface area contributed by atoms with Crippen LogP contribution in [0.5, 0.6) is 0 Å². The molecule has 0 aliphatic rings. The number of rotatable bonds is 12. The Morgan fingerprint density at radius 2 is 1.33 bits per heavy atom. The summed E-state index contributed by atoms with van der Waals surface area (Å²) in [6, 6.07) is 27.0. The van der Waals surface area contributed by atoms with Gasteiger partial charge in [-0.1, -0.05) is 72.3 Å². The van der Waals surface area contributed by atoms with Gasteiger partial charge in [-0.15, -0.1) is 0 Å². The molecule has 0 atom stereocenters. The van der Waals surface area contributed by atoms with Crippen molar-refractivity contribution in [1.29, 1.82) is 0 Å². The molecule has 0 saturated heterocycles. The van der Waals surface area contributed by atoms with E-state index in [0.29, 0.717) is 33.7 Å². The number of amides is 2. The van der Waals surface area contributed by atoms with Crippen LogP contribution in [-0.4, -0.2) is 49.3 Å². The fourth-order valence-electron chi connectivity index (χ4n) is 4.53. The van der Waals surface area contributed by atoms with Crippen molar-refractivity contribution in [2.75, 3.05) is 13.1 Å². The number of hydrogen-bond donors (Lipinski definition) is 3. The van der Waals surface area contributed by atoms with Crippen molar-refractivity contribution in [1.82, 2.24) is 10.2 Å². The fourth-order valence-corrected chi connectivity index (χ4v) is 5.17. The molecular weight excluding hydrogens is 590 g/mol. The Bertz CT molecular complexity index is 1720. The summed E-state index contributed by atoms with van der Waals surface area (Å²) >= 11 is 5.96. The van der Waals surface area contributed by atoms with Gasteiger partial charge in [0.2, 0.25) is 10.0 Å². The van der Waals surface area contributed by atoms with E-state index in [-0.39, 0.29) is 36.9 Å². The van der Waals surface area contributed by atoms with Crippen LogP contribution in [0, 0.1) is 0 Å². The summed E-state index contributed by atoms with van der Waals surface area (Å²) in [7, 11) is -3.84. The van der Waals surface area contributed by atoms with Crippen molar-refractivity contribution in [3.63, 3.8) is 0 Å². The summed E-state index contributed by atoms with van der Waals surface area (Å²) in [6.45, 7) is 0.422. The minimum Gasteiger partial charge on any atom is -0.481 e. The molecule has 0 fully saturated rings. The van der Waals surface area contributed by atoms with Gasteiger partial charge < -0.3 is 15.3 Å². The molecule has 4 aromatic rings. The number of halogens is 1. The van der Waals surface area contributed by atoms with E-state index in [0.717, 1.165) is 11.1 Å². The lowest BCUT2D eigenvalue weighted by Crippen LogP contribution is -2.35. The number of nitrogens with one attached hydrogen (secondary N) is 1. The third-order valence-corrected chi connectivity index (χ3v) is 7.97.